The molecular weight excluding hydrogens is 1720 g/mol. The molecule has 0 amide bonds. The third-order valence-corrected chi connectivity index (χ3v) is 24.7. The van der Waals surface area contributed by atoms with Crippen molar-refractivity contribution in [1.29, 1.82) is 0 Å². The van der Waals surface area contributed by atoms with Gasteiger partial charge in [-0.25, -0.2) is 4.39 Å². The molecule has 2 aromatic heterocycles. The first-order valence-electron chi connectivity index (χ1n) is 37.7. The number of benzene rings is 15. The summed E-state index contributed by atoms with van der Waals surface area (Å²) in [6, 6.07) is 121. The lowest BCUT2D eigenvalue weighted by Gasteiger charge is -2.42. The van der Waals surface area contributed by atoms with Crippen LogP contribution in [0, 0.1) is 5.82 Å². The summed E-state index contributed by atoms with van der Waals surface area (Å²) >= 11 is 17.3. The first kappa shape index (κ1) is 76.8. The Bertz CT molecular complexity index is 6190. The number of hydrogen-bond acceptors (Lipinski definition) is 4. The number of aromatic nitrogens is 2. The van der Waals surface area contributed by atoms with Crippen LogP contribution in [0.1, 0.15) is 86.1 Å². The largest absolute Gasteiger partial charge is 0.488 e. The molecule has 15 aromatic carbocycles. The molecule has 2 N–H and O–H groups in total. The second kappa shape index (κ2) is 32.0. The Morgan fingerprint density at radius 1 is 0.292 bits per heavy atom. The van der Waals surface area contributed by atoms with Crippen molar-refractivity contribution >= 4 is 170 Å². The zero-order valence-electron chi connectivity index (χ0n) is 63.1. The smallest absolute Gasteiger partial charge is 0.423 e. The van der Waals surface area contributed by atoms with Crippen LogP contribution in [-0.4, -0.2) is 26.3 Å². The zero-order valence-corrected chi connectivity index (χ0v) is 71.1. The number of anilines is 6. The number of para-hydroxylation sites is 8. The molecule has 0 saturated carbocycles. The molecule has 0 atom stereocenters. The average molecular weight is 1800 g/mol. The summed E-state index contributed by atoms with van der Waals surface area (Å²) < 4.78 is 21.5. The summed E-state index contributed by atoms with van der Waals surface area (Å²) in [5, 5.41) is 23.8. The highest BCUT2D eigenvalue weighted by atomic mass is 79.9. The number of fused-ring (bicyclic) bond motifs is 12. The van der Waals surface area contributed by atoms with Gasteiger partial charge in [0.1, 0.15) is 5.82 Å². The molecule has 1 aliphatic carbocycles. The molecule has 4 heterocycles. The molecule has 0 saturated heterocycles. The Morgan fingerprint density at radius 3 is 1.04 bits per heavy atom. The third-order valence-electron chi connectivity index (χ3n) is 22.2. The van der Waals surface area contributed by atoms with E-state index in [9.17, 15) is 14.4 Å². The van der Waals surface area contributed by atoms with Crippen molar-refractivity contribution in [3.8, 4) is 22.5 Å². The van der Waals surface area contributed by atoms with Gasteiger partial charge in [-0.1, -0.05) is 324 Å². The number of hydrogen-bond donors (Lipinski definition) is 2. The van der Waals surface area contributed by atoms with E-state index in [4.69, 9.17) is 0 Å². The summed E-state index contributed by atoms with van der Waals surface area (Å²) in [4.78, 5) is 4.77. The minimum absolute atomic E-state index is 0.0209. The van der Waals surface area contributed by atoms with E-state index in [1.165, 1.54) is 117 Å². The Hall–Kier alpha value is -10.2. The van der Waals surface area contributed by atoms with E-state index in [1.807, 2.05) is 42.5 Å². The van der Waals surface area contributed by atoms with Gasteiger partial charge in [-0.3, -0.25) is 0 Å². The van der Waals surface area contributed by atoms with Gasteiger partial charge >= 0.3 is 7.12 Å². The first-order chi connectivity index (χ1) is 54.6. The van der Waals surface area contributed by atoms with Crippen molar-refractivity contribution < 1.29 is 14.4 Å². The van der Waals surface area contributed by atoms with Gasteiger partial charge in [0.05, 0.1) is 49.3 Å². The van der Waals surface area contributed by atoms with Gasteiger partial charge in [0.15, 0.2) is 0 Å². The first-order valence-corrected chi connectivity index (χ1v) is 41.7. The molecule has 0 unspecified atom stereocenters. The highest BCUT2D eigenvalue weighted by Gasteiger charge is 2.39. The predicted octanol–water partition coefficient (Wildman–Crippen LogP) is 28.4. The van der Waals surface area contributed by atoms with Crippen LogP contribution >= 0.6 is 79.6 Å². The lowest BCUT2D eigenvalue weighted by atomic mass is 9.69. The maximum absolute atomic E-state index is 12.5. The SMILES string of the molecule is CC1(C)c2ccccc2Cc2ccccc21.CC1(C)c2ccccc2N(c2cc(Br)cc(-c3cccc(-n4c5ccccc5c5ccccc54)c3)c2)c2ccccc21.CC1(C)c2ccccc2N(c2cc(Br)cc(Br)c2)c2ccccc21.Fc1cc(Br)ccc1Br.OB(O)c1cccc(-n2c3ccccc3c3ccccc32)c1. The van der Waals surface area contributed by atoms with Crippen molar-refractivity contribution in [3.05, 3.63) is 418 Å². The third kappa shape index (κ3) is 14.9. The van der Waals surface area contributed by atoms with E-state index in [1.54, 1.807) is 18.2 Å². The van der Waals surface area contributed by atoms with E-state index in [0.29, 0.717) is 9.94 Å². The van der Waals surface area contributed by atoms with Crippen LogP contribution in [0.4, 0.5) is 38.5 Å². The fourth-order valence-electron chi connectivity index (χ4n) is 16.9. The van der Waals surface area contributed by atoms with Crippen LogP contribution in [0.2, 0.25) is 0 Å². The van der Waals surface area contributed by atoms with E-state index >= 15 is 0 Å². The van der Waals surface area contributed by atoms with Gasteiger partial charge in [-0.05, 0) is 211 Å². The molecule has 20 rings (SSSR count). The Morgan fingerprint density at radius 2 is 0.628 bits per heavy atom. The van der Waals surface area contributed by atoms with Crippen LogP contribution in [0.25, 0.3) is 66.1 Å². The maximum atomic E-state index is 12.5. The van der Waals surface area contributed by atoms with Crippen LogP contribution < -0.4 is 15.3 Å². The van der Waals surface area contributed by atoms with Gasteiger partial charge in [0, 0.05) is 78.4 Å². The van der Waals surface area contributed by atoms with Gasteiger partial charge in [0.25, 0.3) is 0 Å². The fourth-order valence-corrected chi connectivity index (χ4v) is 19.2. The molecule has 0 spiro atoms. The van der Waals surface area contributed by atoms with Crippen molar-refractivity contribution in [1.82, 2.24) is 9.13 Å². The van der Waals surface area contributed by atoms with Crippen molar-refractivity contribution in [2.24, 2.45) is 0 Å². The Labute approximate surface area is 702 Å². The summed E-state index contributed by atoms with van der Waals surface area (Å²) in [6.45, 7) is 13.9. The van der Waals surface area contributed by atoms with Crippen LogP contribution in [-0.2, 0) is 22.7 Å². The Balaban J connectivity index is 0.000000116. The molecule has 6 nitrogen and oxygen atoms in total. The lowest BCUT2D eigenvalue weighted by molar-refractivity contribution is 0.425. The van der Waals surface area contributed by atoms with E-state index in [-0.39, 0.29) is 22.1 Å². The van der Waals surface area contributed by atoms with E-state index in [2.05, 4.69) is 419 Å². The normalized spacial score (nSPS) is 13.5. The molecule has 113 heavy (non-hydrogen) atoms. The molecule has 556 valence electrons. The minimum Gasteiger partial charge on any atom is -0.423 e. The fraction of sp³-hybridized carbons (Fsp3) is 0.100. The van der Waals surface area contributed by atoms with E-state index in [0.717, 1.165) is 58.1 Å². The molecular formula is C100H79BBr5FN4O2. The quantitative estimate of drug-likeness (QED) is 0.129. The van der Waals surface area contributed by atoms with Crippen LogP contribution in [0.5, 0.6) is 0 Å². The van der Waals surface area contributed by atoms with E-state index < -0.39 is 7.12 Å². The molecule has 13 heteroatoms. The molecule has 0 fully saturated rings. The molecule has 17 aromatic rings. The highest BCUT2D eigenvalue weighted by molar-refractivity contribution is 9.11. The number of rotatable bonds is 6. The second-order valence-electron chi connectivity index (χ2n) is 30.2. The van der Waals surface area contributed by atoms with Crippen molar-refractivity contribution in [2.45, 2.75) is 64.2 Å². The monoisotopic (exact) mass is 1790 g/mol. The van der Waals surface area contributed by atoms with Crippen molar-refractivity contribution in [2.75, 3.05) is 9.80 Å². The standard InChI is InChI=1S/C39H29BrN2.C21H17Br2N.C18H14BNO2.C16H16.C6H3Br2F/c1-39(2)33-16-5-9-20-37(33)42(38-21-10-6-17-34(38)39)30-24-27(22-28(40)25-30)26-12-11-13-29(23-26)41-35-18-7-3-14-31(35)32-15-4-8-19-36(32)41;1-21(2)17-7-3-5-9-19(17)24(20-10-6-4-8-18(20)21)16-12-14(22)11-15(23)13-16;21-19(22)13-6-5-7-14(12-13)20-17-10-3-1-8-15(17)16-9-2-4-11-18(16)20;1-16(2)14-9-5-3-7-12(14)11-13-8-4-6-10-15(13)16;7-4-1-2-5(8)6(9)3-4/h3-25H,1-2H3;3-13H,1-2H3;1-12,21-22H;3-10H,11H2,1-2H3;1-3H. The molecule has 2 aliphatic heterocycles. The highest BCUT2D eigenvalue weighted by Crippen LogP contribution is 2.55. The van der Waals surface area contributed by atoms with Crippen molar-refractivity contribution in [3.63, 3.8) is 0 Å². The molecule has 3 aliphatic rings. The zero-order chi connectivity index (χ0) is 78.5. The number of nitrogens with zero attached hydrogens (tertiary/aromatic N) is 4. The number of halogens is 6. The minimum atomic E-state index is -1.46. The summed E-state index contributed by atoms with van der Waals surface area (Å²) in [5.41, 5.74) is 28.1. The molecule has 0 radical (unpaired) electrons. The lowest BCUT2D eigenvalue weighted by Crippen LogP contribution is -2.30. The van der Waals surface area contributed by atoms with Gasteiger partial charge < -0.3 is 29.0 Å². The van der Waals surface area contributed by atoms with Crippen LogP contribution in [0.15, 0.2) is 368 Å². The van der Waals surface area contributed by atoms with Gasteiger partial charge in [-0.15, -0.1) is 0 Å². The summed E-state index contributed by atoms with van der Waals surface area (Å²) in [7, 11) is -1.46. The topological polar surface area (TPSA) is 56.8 Å². The summed E-state index contributed by atoms with van der Waals surface area (Å²) in [6.07, 6.45) is 1.08. The van der Waals surface area contributed by atoms with Gasteiger partial charge in [-0.2, -0.15) is 0 Å². The summed E-state index contributed by atoms with van der Waals surface area (Å²) in [5.74, 6) is -0.246. The van der Waals surface area contributed by atoms with Crippen LogP contribution in [0.3, 0.4) is 0 Å². The second-order valence-corrected chi connectivity index (χ2v) is 34.8. The maximum Gasteiger partial charge on any atom is 0.488 e. The molecule has 0 bridgehead atoms. The van der Waals surface area contributed by atoms with Gasteiger partial charge in [0.2, 0.25) is 0 Å². The Kier molecular flexibility index (Phi) is 21.7. The predicted molar refractivity (Wildman–Crippen MR) is 490 cm³/mol. The average Bonchev–Trinajstić information content (AvgIpc) is 1.76.